The lowest BCUT2D eigenvalue weighted by molar-refractivity contribution is -0.870. The van der Waals surface area contributed by atoms with Crippen LogP contribution in [0, 0.1) is 5.41 Å². The second-order valence-electron chi connectivity index (χ2n) is 25.6. The van der Waals surface area contributed by atoms with E-state index in [2.05, 4.69) is 44.8 Å². The van der Waals surface area contributed by atoms with Crippen molar-refractivity contribution in [1.82, 2.24) is 0 Å². The number of aliphatic hydroxyl groups excluding tert-OH is 7. The summed E-state index contributed by atoms with van der Waals surface area (Å²) in [6.45, 7) is 39.2. The molecule has 0 amide bonds. The number of likely N-dealkylation sites (N-methyl/N-ethyl adjacent to an activating group) is 1. The van der Waals surface area contributed by atoms with Crippen LogP contribution in [0.2, 0.25) is 0 Å². The number of phenols is 2. The summed E-state index contributed by atoms with van der Waals surface area (Å²) < 4.78 is 42.7. The summed E-state index contributed by atoms with van der Waals surface area (Å²) in [5.41, 5.74) is 26.0. The Balaban J connectivity index is -0.0000000406. The zero-order valence-corrected chi connectivity index (χ0v) is 69.3. The van der Waals surface area contributed by atoms with E-state index >= 15 is 0 Å². The molecule has 20 N–H and O–H groups in total. The molecule has 121 heavy (non-hydrogen) atoms. The lowest BCUT2D eigenvalue weighted by Gasteiger charge is -2.21. The largest absolute Gasteiger partial charge is 0.510 e. The van der Waals surface area contributed by atoms with E-state index < -0.39 is 42.8 Å². The molecule has 4 aromatic carbocycles. The van der Waals surface area contributed by atoms with Crippen molar-refractivity contribution in [3.63, 3.8) is 0 Å². The molecule has 4 rings (SSSR count). The number of ether oxygens (including phenoxy) is 9. The van der Waals surface area contributed by atoms with E-state index in [9.17, 15) is 28.8 Å². The van der Waals surface area contributed by atoms with E-state index in [1.54, 1.807) is 167 Å². The van der Waals surface area contributed by atoms with E-state index in [1.165, 1.54) is 0 Å². The fraction of sp³-hybridized carbons (Fsp3) is 0.667. The predicted molar refractivity (Wildman–Crippen MR) is 509 cm³/mol. The number of aromatic hydroxyl groups is 2. The van der Waals surface area contributed by atoms with Crippen LogP contribution in [0.5, 0.6) is 23.0 Å². The predicted octanol–water partition coefficient (Wildman–Crippen LogP) is 15.4. The van der Waals surface area contributed by atoms with Crippen LogP contribution in [0.15, 0.2) is 109 Å². The summed E-state index contributed by atoms with van der Waals surface area (Å²) in [5.74, 6) is 0.115. The highest BCUT2D eigenvalue weighted by Crippen LogP contribution is 2.24. The first kappa shape index (κ1) is 175. The number of carbonyl (C=O) groups is 6. The average Bonchev–Trinajstić information content (AvgIpc) is 0.908. The molecule has 0 aliphatic heterocycles. The van der Waals surface area contributed by atoms with Crippen LogP contribution in [0.25, 0.3) is 0 Å². The Labute approximate surface area is 740 Å². The minimum Gasteiger partial charge on any atom is -0.508 e. The molecule has 0 bridgehead atoms. The highest BCUT2D eigenvalue weighted by atomic mass is 16.8. The van der Waals surface area contributed by atoms with Crippen molar-refractivity contribution in [3.8, 4) is 23.0 Å². The number of hydrogen-bond donors (Lipinski definition) is 15. The molecule has 0 radical (unpaired) electrons. The van der Waals surface area contributed by atoms with E-state index in [1.807, 2.05) is 87.5 Å². The normalized spacial score (nSPS) is 9.21. The molecule has 0 heterocycles. The third kappa shape index (κ3) is 167. The van der Waals surface area contributed by atoms with Crippen LogP contribution in [0.3, 0.4) is 0 Å². The maximum Gasteiger partial charge on any atom is 0.510 e. The van der Waals surface area contributed by atoms with Gasteiger partial charge in [0.05, 0.1) is 116 Å². The van der Waals surface area contributed by atoms with Crippen molar-refractivity contribution in [3.05, 3.63) is 120 Å². The fourth-order valence-electron chi connectivity index (χ4n) is 4.89. The summed E-state index contributed by atoms with van der Waals surface area (Å²) in [5, 5.41) is 84.0. The van der Waals surface area contributed by atoms with Gasteiger partial charge in [-0.25, -0.2) is 4.79 Å². The van der Waals surface area contributed by atoms with Gasteiger partial charge in [-0.2, -0.15) is 0 Å². The van der Waals surface area contributed by atoms with Crippen molar-refractivity contribution in [2.45, 2.75) is 310 Å². The van der Waals surface area contributed by atoms with Gasteiger partial charge in [-0.1, -0.05) is 182 Å². The molecule has 0 saturated heterocycles. The van der Waals surface area contributed by atoms with E-state index in [0.29, 0.717) is 44.3 Å². The maximum atomic E-state index is 10.8. The number of rotatable bonds is 21. The fourth-order valence-corrected chi connectivity index (χ4v) is 4.89. The minimum atomic E-state index is -0.840. The number of para-hydroxylation sites is 4. The molecule has 0 saturated carbocycles. The first-order valence-electron chi connectivity index (χ1n) is 35.1. The third-order valence-electron chi connectivity index (χ3n) is 9.44. The summed E-state index contributed by atoms with van der Waals surface area (Å²) in [7, 11) is 6.16. The molecule has 31 nitrogen and oxygen atoms in total. The molecule has 0 aromatic heterocycles. The van der Waals surface area contributed by atoms with Gasteiger partial charge >= 0.3 is 36.0 Å². The summed E-state index contributed by atoms with van der Waals surface area (Å²) in [6, 6.07) is 31.7. The number of phenolic OH excluding ortho intramolecular Hbond substituents is 2. The topological polar surface area (TPSA) is 518 Å². The molecule has 0 aliphatic rings. The Morgan fingerprint density at radius 1 is 0.438 bits per heavy atom. The van der Waals surface area contributed by atoms with Crippen LogP contribution < -0.4 is 38.1 Å². The maximum absolute atomic E-state index is 10.8. The highest BCUT2D eigenvalue weighted by molar-refractivity contribution is 5.76. The van der Waals surface area contributed by atoms with Gasteiger partial charge in [0.15, 0.2) is 25.1 Å². The molecule has 4 aromatic rings. The monoisotopic (exact) mass is 1760 g/mol. The number of hydrogen-bond acceptors (Lipinski definition) is 30. The van der Waals surface area contributed by atoms with Gasteiger partial charge in [-0.15, -0.1) is 0 Å². The van der Waals surface area contributed by atoms with Crippen LogP contribution in [0.4, 0.5) is 4.79 Å². The van der Waals surface area contributed by atoms with Crippen molar-refractivity contribution in [2.24, 2.45) is 34.1 Å². The Kier molecular flexibility index (Phi) is 171. The summed E-state index contributed by atoms with van der Waals surface area (Å²) in [4.78, 5) is 62.7. The first-order chi connectivity index (χ1) is 50.0. The number of aliphatic hydroxyl groups is 8. The Morgan fingerprint density at radius 3 is 0.992 bits per heavy atom. The van der Waals surface area contributed by atoms with Gasteiger partial charge in [0.1, 0.15) is 30.1 Å². The SMILES string of the molecule is C.C.C.C.C.C.C.C.C.C.C.C.C.CC(C)(C)C(=O)OCO.CC(C)(C)O.CC(C)O.CC(C)OC(=O)C(C)N.CC(C)OC(=O)CN.CC(C)OC(=O)OCO.CCC(N)C(=O)OC(C)C.CCOC(=O)CN.CCOc1ccccc1CO.CCOc1ccccc1O.C[N+](C)(C)CCO.NCCO.OCc1ccccc1.Oc1ccccc1. The minimum absolute atomic E-state index is 0. The number of carbonyl (C=O) groups excluding carboxylic acids is 6. The standard InChI is InChI=1S/C9H12O2.C8H10O2.C7H15NO2.C7H8O.C6H13NO2.C6H12O3.C6H6O.C5H11NO2.C5H14NO.C5H10O4.C4H9NO2.C4H10O.C3H8O.C2H7NO.13CH4/c1-2-11-9-6-4-3-5-8(9)7-10;1-2-10-8-6-4-3-5-7(8)9;1-4-6(8)7(9)10-5(2)3;8-6-7-4-2-1-3-5-7;1-4(2)9-6(8)5(3)7;1-6(2,3)5(8)9-4-7;7-6-4-2-1-3-5-6;1-4(2)8-5(7)3-6;1-6(2,3)4-5-7;1-4(2)9-5(7)8-3-6;1-2-7-4(6)3-5;1-4(2,3)5;1-3(2)4;3-1-2-4;;;;;;;;;;;;;/h3-6,10H,2,7H2,1H3;3-6,9H,2H2,1H3;5-6H,4,8H2,1-3H3;1-5,8H,6H2;4-5H,7H2,1-3H3;7H,4H2,1-3H3;1-5,7H;4H,3,6H2,1-2H3;7H,4-5H2,1-3H3;4,6H,3H2,1-2H3;2-3,5H2,1H3;5H,1-3H3;3-4H,1-2H3;4H,1-3H2;13*1H4/q;;;;;;;;+1;;;;;;;;;;;;;;;;;;. The number of esters is 5. The smallest absolute Gasteiger partial charge is 0.508 e. The van der Waals surface area contributed by atoms with Gasteiger partial charge < -0.3 is 127 Å². The molecular weight excluding hydrogens is 1570 g/mol. The summed E-state index contributed by atoms with van der Waals surface area (Å²) in [6.07, 6.45) is -0.762. The molecule has 736 valence electrons. The van der Waals surface area contributed by atoms with Crippen LogP contribution in [-0.4, -0.2) is 234 Å². The first-order valence-corrected chi connectivity index (χ1v) is 35.1. The lowest BCUT2D eigenvalue weighted by atomic mass is 9.98. The van der Waals surface area contributed by atoms with Crippen molar-refractivity contribution in [2.75, 3.05) is 93.9 Å². The lowest BCUT2D eigenvalue weighted by Crippen LogP contribution is -2.36. The van der Waals surface area contributed by atoms with Crippen LogP contribution in [-0.2, 0) is 70.3 Å². The number of nitrogens with two attached hydrogens (primary N) is 5. The van der Waals surface area contributed by atoms with Crippen LogP contribution >= 0.6 is 0 Å². The van der Waals surface area contributed by atoms with Crippen LogP contribution in [0.1, 0.15) is 259 Å². The van der Waals surface area contributed by atoms with Crippen molar-refractivity contribution in [1.29, 1.82) is 0 Å². The molecule has 2 unspecified atom stereocenters. The Hall–Kier alpha value is -7.86. The van der Waals surface area contributed by atoms with Crippen molar-refractivity contribution >= 4 is 36.0 Å². The highest BCUT2D eigenvalue weighted by Gasteiger charge is 2.22. The number of quaternary nitrogens is 1. The van der Waals surface area contributed by atoms with Gasteiger partial charge in [-0.3, -0.25) is 24.0 Å². The Bertz CT molecular complexity index is 2640. The second kappa shape index (κ2) is 118. The quantitative estimate of drug-likeness (QED) is 0.0159. The third-order valence-corrected chi connectivity index (χ3v) is 9.44. The summed E-state index contributed by atoms with van der Waals surface area (Å²) >= 11 is 0. The molecule has 31 heteroatoms. The van der Waals surface area contributed by atoms with Crippen molar-refractivity contribution < 1.29 is 127 Å². The number of nitrogens with zero attached hydrogens (tertiary/aromatic N) is 1. The van der Waals surface area contributed by atoms with Gasteiger partial charge in [0.25, 0.3) is 0 Å². The Morgan fingerprint density at radius 2 is 0.777 bits per heavy atom. The molecule has 0 spiro atoms. The van der Waals surface area contributed by atoms with E-state index in [-0.39, 0.29) is 202 Å². The van der Waals surface area contributed by atoms with E-state index in [4.69, 9.17) is 98.7 Å². The molecule has 2 atom stereocenters. The van der Waals surface area contributed by atoms with E-state index in [0.717, 1.165) is 27.9 Å². The zero-order chi connectivity index (χ0) is 86.5. The second-order valence-corrected chi connectivity index (χ2v) is 25.6. The average molecular weight is 1760 g/mol. The van der Waals surface area contributed by atoms with Gasteiger partial charge in [0, 0.05) is 18.2 Å². The molecular formula is C90H197N6O25+. The zero-order valence-electron chi connectivity index (χ0n) is 69.3. The number of benzene rings is 4. The van der Waals surface area contributed by atoms with Gasteiger partial charge in [-0.05, 0) is 181 Å². The van der Waals surface area contributed by atoms with Gasteiger partial charge in [0.2, 0.25) is 0 Å². The molecule has 0 fully saturated rings. The molecule has 0 aliphatic carbocycles.